The number of aliphatic hydroxyl groups excluding tert-OH is 1. The number of hydrogen-bond donors (Lipinski definition) is 3. The van der Waals surface area contributed by atoms with E-state index in [2.05, 4.69) is 55.4 Å². The van der Waals surface area contributed by atoms with Crippen molar-refractivity contribution in [2.45, 2.75) is 382 Å². The zero-order chi connectivity index (χ0) is 68.2. The van der Waals surface area contributed by atoms with E-state index < -0.39 is 97.5 Å². The largest absolute Gasteiger partial charge is 0.472 e. The number of phosphoric acid groups is 2. The van der Waals surface area contributed by atoms with Gasteiger partial charge in [0.05, 0.1) is 26.4 Å². The molecule has 0 spiro atoms. The molecule has 0 amide bonds. The first-order chi connectivity index (χ1) is 44.2. The maximum atomic E-state index is 13.0. The van der Waals surface area contributed by atoms with Gasteiger partial charge in [-0.2, -0.15) is 0 Å². The maximum absolute atomic E-state index is 13.0. The molecule has 7 atom stereocenters. The van der Waals surface area contributed by atoms with Gasteiger partial charge in [0.1, 0.15) is 19.3 Å². The van der Waals surface area contributed by atoms with Crippen LogP contribution in [0.2, 0.25) is 0 Å². The minimum atomic E-state index is -4.96. The third-order valence-corrected chi connectivity index (χ3v) is 19.4. The Kier molecular flexibility index (Phi) is 61.3. The quantitative estimate of drug-likeness (QED) is 0.0222. The SMILES string of the molecule is CCC(C)CCCCCCCCCCCCC(=O)O[C@H](COC(=O)CCCCCCCCCCCCC(C)C)COP(=O)(O)OCC(O)COP(=O)(O)OC[C@@H](COC(=O)CCCCCCCCCCC(C)C)OC(=O)CCCCCCCCCCCCC(C)CC. The Morgan fingerprint density at radius 2 is 0.522 bits per heavy atom. The maximum Gasteiger partial charge on any atom is 0.472 e. The van der Waals surface area contributed by atoms with Gasteiger partial charge in [-0.3, -0.25) is 37.3 Å². The summed E-state index contributed by atoms with van der Waals surface area (Å²) in [5.41, 5.74) is 0. The summed E-state index contributed by atoms with van der Waals surface area (Å²) in [6.07, 6.45) is 45.6. The molecule has 92 heavy (non-hydrogen) atoms. The lowest BCUT2D eigenvalue weighted by Crippen LogP contribution is -2.30. The number of phosphoric ester groups is 2. The summed E-state index contributed by atoms with van der Waals surface area (Å²) < 4.78 is 68.4. The Hall–Kier alpha value is -1.94. The molecule has 0 aliphatic carbocycles. The lowest BCUT2D eigenvalue weighted by Gasteiger charge is -2.21. The number of carbonyl (C=O) groups excluding carboxylic acids is 4. The summed E-state index contributed by atoms with van der Waals surface area (Å²) in [6, 6.07) is 0. The zero-order valence-corrected chi connectivity index (χ0v) is 62.0. The van der Waals surface area contributed by atoms with Crippen LogP contribution in [0.5, 0.6) is 0 Å². The highest BCUT2D eigenvalue weighted by Crippen LogP contribution is 2.45. The first-order valence-corrected chi connectivity index (χ1v) is 40.8. The molecule has 0 aromatic carbocycles. The summed E-state index contributed by atoms with van der Waals surface area (Å²) in [7, 11) is -9.91. The summed E-state index contributed by atoms with van der Waals surface area (Å²) in [6.45, 7) is 14.2. The standard InChI is InChI=1S/C73H142O17P2/c1-9-65(7)51-43-35-27-18-12-15-21-31-39-47-55-72(77)89-68(59-83-70(75)53-45-37-29-20-14-11-17-25-33-41-49-63(3)4)61-87-91(79,80)85-57-67(74)58-86-92(81,82)88-62-69(60-84-71(76)54-46-38-30-24-23-26-34-42-50-64(5)6)90-73(78)56-48-40-32-22-16-13-19-28-36-44-52-66(8)10-2/h63-69,74H,9-62H2,1-8H3,(H,79,80)(H,81,82)/t65?,66?,67?,68-,69-/m1/s1. The van der Waals surface area contributed by atoms with Crippen molar-refractivity contribution in [3.05, 3.63) is 0 Å². The van der Waals surface area contributed by atoms with Crippen molar-refractivity contribution < 1.29 is 80.2 Å². The van der Waals surface area contributed by atoms with Gasteiger partial charge in [-0.1, -0.05) is 312 Å². The van der Waals surface area contributed by atoms with Crippen molar-refractivity contribution in [2.75, 3.05) is 39.6 Å². The van der Waals surface area contributed by atoms with E-state index in [1.54, 1.807) is 0 Å². The molecule has 0 rings (SSSR count). The number of hydrogen-bond acceptors (Lipinski definition) is 15. The molecule has 0 saturated carbocycles. The molecule has 546 valence electrons. The molecule has 0 fully saturated rings. The van der Waals surface area contributed by atoms with Crippen molar-refractivity contribution in [2.24, 2.45) is 23.7 Å². The third kappa shape index (κ3) is 64.1. The second-order valence-electron chi connectivity index (χ2n) is 27.8. The van der Waals surface area contributed by atoms with E-state index in [0.717, 1.165) is 114 Å². The van der Waals surface area contributed by atoms with Gasteiger partial charge in [-0.15, -0.1) is 0 Å². The van der Waals surface area contributed by atoms with E-state index in [4.69, 9.17) is 37.0 Å². The summed E-state index contributed by atoms with van der Waals surface area (Å²) in [5.74, 6) is 0.966. The Labute approximate surface area is 562 Å². The van der Waals surface area contributed by atoms with E-state index in [9.17, 15) is 43.2 Å². The Balaban J connectivity index is 5.28. The van der Waals surface area contributed by atoms with E-state index in [1.807, 2.05) is 0 Å². The monoisotopic (exact) mass is 1350 g/mol. The highest BCUT2D eigenvalue weighted by atomic mass is 31.2. The van der Waals surface area contributed by atoms with E-state index >= 15 is 0 Å². The first kappa shape index (κ1) is 90.1. The van der Waals surface area contributed by atoms with E-state index in [1.165, 1.54) is 167 Å². The highest BCUT2D eigenvalue weighted by Gasteiger charge is 2.30. The molecule has 0 aromatic rings. The Bertz CT molecular complexity index is 1820. The van der Waals surface area contributed by atoms with Gasteiger partial charge >= 0.3 is 39.5 Å². The van der Waals surface area contributed by atoms with Crippen LogP contribution in [0.1, 0.15) is 364 Å². The molecule has 0 radical (unpaired) electrons. The molecule has 0 bridgehead atoms. The fourth-order valence-corrected chi connectivity index (χ4v) is 12.5. The summed E-state index contributed by atoms with van der Waals surface area (Å²) >= 11 is 0. The number of rotatable bonds is 70. The lowest BCUT2D eigenvalue weighted by molar-refractivity contribution is -0.161. The number of carbonyl (C=O) groups is 4. The van der Waals surface area contributed by atoms with Gasteiger partial charge in [0.25, 0.3) is 0 Å². The van der Waals surface area contributed by atoms with Crippen molar-refractivity contribution in [3.8, 4) is 0 Å². The van der Waals surface area contributed by atoms with Crippen LogP contribution in [0.3, 0.4) is 0 Å². The van der Waals surface area contributed by atoms with Crippen LogP contribution < -0.4 is 0 Å². The smallest absolute Gasteiger partial charge is 0.462 e. The van der Waals surface area contributed by atoms with Gasteiger partial charge < -0.3 is 33.8 Å². The molecule has 0 aliphatic heterocycles. The topological polar surface area (TPSA) is 237 Å². The Morgan fingerprint density at radius 1 is 0.304 bits per heavy atom. The van der Waals surface area contributed by atoms with Gasteiger partial charge in [-0.05, 0) is 49.4 Å². The predicted molar refractivity (Wildman–Crippen MR) is 372 cm³/mol. The first-order valence-electron chi connectivity index (χ1n) is 37.8. The average Bonchev–Trinajstić information content (AvgIpc) is 3.37. The van der Waals surface area contributed by atoms with Gasteiger partial charge in [0.15, 0.2) is 12.2 Å². The number of esters is 4. The minimum Gasteiger partial charge on any atom is -0.462 e. The number of aliphatic hydroxyl groups is 1. The molecule has 0 heterocycles. The Morgan fingerprint density at radius 3 is 0.772 bits per heavy atom. The lowest BCUT2D eigenvalue weighted by atomic mass is 9.99. The van der Waals surface area contributed by atoms with Gasteiger partial charge in [0, 0.05) is 25.7 Å². The molecule has 17 nitrogen and oxygen atoms in total. The zero-order valence-electron chi connectivity index (χ0n) is 60.2. The van der Waals surface area contributed by atoms with Crippen LogP contribution >= 0.6 is 15.6 Å². The molecule has 3 N–H and O–H groups in total. The molecular formula is C73H142O17P2. The molecule has 19 heteroatoms. The van der Waals surface area contributed by atoms with Crippen molar-refractivity contribution in [1.29, 1.82) is 0 Å². The second-order valence-corrected chi connectivity index (χ2v) is 30.7. The fourth-order valence-electron chi connectivity index (χ4n) is 11.0. The highest BCUT2D eigenvalue weighted by molar-refractivity contribution is 7.47. The fraction of sp³-hybridized carbons (Fsp3) is 0.945. The van der Waals surface area contributed by atoms with Crippen molar-refractivity contribution in [3.63, 3.8) is 0 Å². The molecule has 5 unspecified atom stereocenters. The van der Waals surface area contributed by atoms with E-state index in [-0.39, 0.29) is 25.7 Å². The van der Waals surface area contributed by atoms with E-state index in [0.29, 0.717) is 25.7 Å². The molecule has 0 aliphatic rings. The van der Waals surface area contributed by atoms with Gasteiger partial charge in [-0.25, -0.2) is 9.13 Å². The predicted octanol–water partition coefficient (Wildman–Crippen LogP) is 20.9. The van der Waals surface area contributed by atoms with Crippen LogP contribution in [-0.4, -0.2) is 96.7 Å². The molecule has 0 aromatic heterocycles. The van der Waals surface area contributed by atoms with Crippen LogP contribution in [0.15, 0.2) is 0 Å². The average molecular weight is 1350 g/mol. The van der Waals surface area contributed by atoms with Crippen molar-refractivity contribution in [1.82, 2.24) is 0 Å². The van der Waals surface area contributed by atoms with Crippen LogP contribution in [0.4, 0.5) is 0 Å². The molecule has 0 saturated heterocycles. The summed E-state index contributed by atoms with van der Waals surface area (Å²) in [5, 5.41) is 10.6. The van der Waals surface area contributed by atoms with Crippen LogP contribution in [-0.2, 0) is 65.4 Å². The second kappa shape index (κ2) is 62.6. The van der Waals surface area contributed by atoms with Gasteiger partial charge in [0.2, 0.25) is 0 Å². The van der Waals surface area contributed by atoms with Crippen LogP contribution in [0.25, 0.3) is 0 Å². The summed E-state index contributed by atoms with van der Waals surface area (Å²) in [4.78, 5) is 72.7. The molecular weight excluding hydrogens is 1210 g/mol. The normalized spacial score (nSPS) is 14.8. The minimum absolute atomic E-state index is 0.105. The number of unbranched alkanes of at least 4 members (excludes halogenated alkanes) is 34. The number of ether oxygens (including phenoxy) is 4. The van der Waals surface area contributed by atoms with Crippen molar-refractivity contribution >= 4 is 39.5 Å². The third-order valence-electron chi connectivity index (χ3n) is 17.5. The van der Waals surface area contributed by atoms with Crippen LogP contribution in [0, 0.1) is 23.7 Å².